The van der Waals surface area contributed by atoms with Crippen LogP contribution in [0.2, 0.25) is 0 Å². The van der Waals surface area contributed by atoms with Gasteiger partial charge in [0.15, 0.2) is 11.6 Å². The molecule has 2 atom stereocenters. The summed E-state index contributed by atoms with van der Waals surface area (Å²) >= 11 is 0. The molecule has 3 heterocycles. The molecule has 208 valence electrons. The third kappa shape index (κ3) is 3.76. The van der Waals surface area contributed by atoms with Gasteiger partial charge in [0.25, 0.3) is 0 Å². The summed E-state index contributed by atoms with van der Waals surface area (Å²) in [6, 6.07) is 44.4. The highest BCUT2D eigenvalue weighted by Crippen LogP contribution is 2.52. The summed E-state index contributed by atoms with van der Waals surface area (Å²) in [6.45, 7) is 0. The maximum absolute atomic E-state index is 5.17. The Bertz CT molecular complexity index is 2180. The van der Waals surface area contributed by atoms with E-state index in [-0.39, 0.29) is 12.0 Å². The number of benzene rings is 5. The fourth-order valence-corrected chi connectivity index (χ4v) is 6.89. The molecule has 9 rings (SSSR count). The lowest BCUT2D eigenvalue weighted by atomic mass is 9.90. The Morgan fingerprint density at radius 3 is 1.84 bits per heavy atom. The number of allylic oxidation sites excluding steroid dienone is 2. The van der Waals surface area contributed by atoms with E-state index in [4.69, 9.17) is 15.0 Å². The number of anilines is 2. The minimum atomic E-state index is 0.172. The highest BCUT2D eigenvalue weighted by Gasteiger charge is 2.40. The van der Waals surface area contributed by atoms with Crippen molar-refractivity contribution in [3.63, 3.8) is 0 Å². The lowest BCUT2D eigenvalue weighted by Crippen LogP contribution is -2.28. The SMILES string of the molecule is C1=CC2c3c(ccc4c5ccccc5n(-c5nc(-c6ccccc6)nc(-c6ccccc6)n5)c34)N(c3ccccc3)C2C=C1. The van der Waals surface area contributed by atoms with Gasteiger partial charge in [-0.2, -0.15) is 9.97 Å². The average Bonchev–Trinajstić information content (AvgIpc) is 3.62. The summed E-state index contributed by atoms with van der Waals surface area (Å²) in [4.78, 5) is 17.8. The van der Waals surface area contributed by atoms with Gasteiger partial charge in [0.1, 0.15) is 0 Å². The molecule has 0 bridgehead atoms. The maximum Gasteiger partial charge on any atom is 0.238 e. The first-order valence-electron chi connectivity index (χ1n) is 15.0. The summed E-state index contributed by atoms with van der Waals surface area (Å²) in [7, 11) is 0. The van der Waals surface area contributed by atoms with Gasteiger partial charge in [0.05, 0.1) is 17.1 Å². The normalized spacial score (nSPS) is 16.9. The van der Waals surface area contributed by atoms with Crippen molar-refractivity contribution in [1.29, 1.82) is 0 Å². The molecule has 0 fully saturated rings. The van der Waals surface area contributed by atoms with Crippen molar-refractivity contribution in [2.24, 2.45) is 0 Å². The van der Waals surface area contributed by atoms with Crippen LogP contribution in [-0.4, -0.2) is 25.6 Å². The molecule has 0 amide bonds. The average molecular weight is 566 g/mol. The van der Waals surface area contributed by atoms with Crippen LogP contribution < -0.4 is 4.90 Å². The molecule has 5 nitrogen and oxygen atoms in total. The minimum Gasteiger partial charge on any atom is -0.333 e. The van der Waals surface area contributed by atoms with Crippen LogP contribution in [0.1, 0.15) is 11.5 Å². The highest BCUT2D eigenvalue weighted by atomic mass is 15.2. The molecule has 2 aliphatic rings. The van der Waals surface area contributed by atoms with E-state index < -0.39 is 0 Å². The first-order valence-corrected chi connectivity index (χ1v) is 15.0. The molecule has 0 N–H and O–H groups in total. The minimum absolute atomic E-state index is 0.172. The molecule has 0 radical (unpaired) electrons. The van der Waals surface area contributed by atoms with Gasteiger partial charge in [0, 0.05) is 44.8 Å². The fourth-order valence-electron chi connectivity index (χ4n) is 6.89. The standard InChI is InChI=1S/C39H27N5/c1-4-14-26(15-5-1)37-40-38(27-16-6-2-7-17-27)42-39(41-37)44-32-22-12-10-20-29(32)30-24-25-34-35(36(30)44)31-21-11-13-23-33(31)43(34)28-18-8-3-9-19-28/h1-25,31,33H. The summed E-state index contributed by atoms with van der Waals surface area (Å²) in [6.07, 6.45) is 9.00. The van der Waals surface area contributed by atoms with Crippen molar-refractivity contribution < 1.29 is 0 Å². The Kier molecular flexibility index (Phi) is 5.56. The number of rotatable bonds is 4. The van der Waals surface area contributed by atoms with Gasteiger partial charge in [-0.3, -0.25) is 4.57 Å². The van der Waals surface area contributed by atoms with E-state index in [0.717, 1.165) is 22.2 Å². The fraction of sp³-hybridized carbons (Fsp3) is 0.0513. The lowest BCUT2D eigenvalue weighted by Gasteiger charge is -2.28. The highest BCUT2D eigenvalue weighted by molar-refractivity contribution is 6.12. The molecule has 1 aliphatic carbocycles. The lowest BCUT2D eigenvalue weighted by molar-refractivity contribution is 0.745. The Morgan fingerprint density at radius 2 is 1.14 bits per heavy atom. The molecule has 2 unspecified atom stereocenters. The van der Waals surface area contributed by atoms with E-state index in [9.17, 15) is 0 Å². The number of hydrogen-bond acceptors (Lipinski definition) is 4. The van der Waals surface area contributed by atoms with Crippen molar-refractivity contribution in [2.75, 3.05) is 4.90 Å². The third-order valence-corrected chi connectivity index (χ3v) is 8.77. The Hall–Kier alpha value is -5.81. The number of hydrogen-bond donors (Lipinski definition) is 0. The Balaban J connectivity index is 1.38. The van der Waals surface area contributed by atoms with Crippen LogP contribution in [0.15, 0.2) is 152 Å². The van der Waals surface area contributed by atoms with E-state index in [0.29, 0.717) is 17.6 Å². The molecular weight excluding hydrogens is 538 g/mol. The third-order valence-electron chi connectivity index (χ3n) is 8.77. The number of aromatic nitrogens is 4. The second-order valence-electron chi connectivity index (χ2n) is 11.3. The molecule has 0 saturated carbocycles. The van der Waals surface area contributed by atoms with Gasteiger partial charge in [-0.15, -0.1) is 0 Å². The molecule has 2 aromatic heterocycles. The first kappa shape index (κ1) is 24.8. The number of para-hydroxylation sites is 2. The molecule has 1 aliphatic heterocycles. The number of nitrogens with zero attached hydrogens (tertiary/aromatic N) is 5. The Morgan fingerprint density at radius 1 is 0.523 bits per heavy atom. The van der Waals surface area contributed by atoms with Crippen LogP contribution in [-0.2, 0) is 0 Å². The largest absolute Gasteiger partial charge is 0.333 e. The van der Waals surface area contributed by atoms with Crippen molar-refractivity contribution in [3.05, 3.63) is 157 Å². The zero-order chi connectivity index (χ0) is 29.0. The van der Waals surface area contributed by atoms with Crippen LogP contribution in [0.25, 0.3) is 50.5 Å². The summed E-state index contributed by atoms with van der Waals surface area (Å²) in [5, 5.41) is 2.37. The first-order chi connectivity index (χ1) is 21.8. The van der Waals surface area contributed by atoms with Gasteiger partial charge in [0.2, 0.25) is 5.95 Å². The molecule has 5 aromatic carbocycles. The van der Waals surface area contributed by atoms with Gasteiger partial charge in [-0.25, -0.2) is 4.98 Å². The topological polar surface area (TPSA) is 46.8 Å². The molecule has 7 aromatic rings. The van der Waals surface area contributed by atoms with Crippen molar-refractivity contribution >= 4 is 33.2 Å². The van der Waals surface area contributed by atoms with Gasteiger partial charge < -0.3 is 4.90 Å². The zero-order valence-electron chi connectivity index (χ0n) is 23.8. The van der Waals surface area contributed by atoms with E-state index in [1.807, 2.05) is 36.4 Å². The monoisotopic (exact) mass is 565 g/mol. The maximum atomic E-state index is 5.17. The van der Waals surface area contributed by atoms with E-state index in [1.54, 1.807) is 0 Å². The van der Waals surface area contributed by atoms with Gasteiger partial charge in [-0.1, -0.05) is 127 Å². The molecule has 5 heteroatoms. The molecule has 0 saturated heterocycles. The van der Waals surface area contributed by atoms with Crippen LogP contribution in [0.5, 0.6) is 0 Å². The summed E-state index contributed by atoms with van der Waals surface area (Å²) in [5.74, 6) is 2.09. The second-order valence-corrected chi connectivity index (χ2v) is 11.3. The number of fused-ring (bicyclic) bond motifs is 7. The van der Waals surface area contributed by atoms with E-state index in [1.165, 1.54) is 27.7 Å². The predicted octanol–water partition coefficient (Wildman–Crippen LogP) is 9.03. The predicted molar refractivity (Wildman–Crippen MR) is 178 cm³/mol. The quantitative estimate of drug-likeness (QED) is 0.214. The van der Waals surface area contributed by atoms with Gasteiger partial charge >= 0.3 is 0 Å². The second kappa shape index (κ2) is 9.89. The van der Waals surface area contributed by atoms with Crippen LogP contribution in [0.3, 0.4) is 0 Å². The van der Waals surface area contributed by atoms with Crippen LogP contribution in [0.4, 0.5) is 11.4 Å². The van der Waals surface area contributed by atoms with Crippen molar-refractivity contribution in [2.45, 2.75) is 12.0 Å². The Labute approximate surface area is 255 Å². The van der Waals surface area contributed by atoms with Crippen LogP contribution >= 0.6 is 0 Å². The van der Waals surface area contributed by atoms with Crippen molar-refractivity contribution in [1.82, 2.24) is 19.5 Å². The van der Waals surface area contributed by atoms with E-state index >= 15 is 0 Å². The molecule has 44 heavy (non-hydrogen) atoms. The summed E-state index contributed by atoms with van der Waals surface area (Å²) < 4.78 is 2.27. The molecular formula is C39H27N5. The van der Waals surface area contributed by atoms with Crippen molar-refractivity contribution in [3.8, 4) is 28.7 Å². The smallest absolute Gasteiger partial charge is 0.238 e. The van der Waals surface area contributed by atoms with Crippen LogP contribution in [0, 0.1) is 0 Å². The van der Waals surface area contributed by atoms with E-state index in [2.05, 4.69) is 125 Å². The zero-order valence-corrected chi connectivity index (χ0v) is 23.8. The van der Waals surface area contributed by atoms with Gasteiger partial charge in [-0.05, 0) is 24.3 Å². The summed E-state index contributed by atoms with van der Waals surface area (Å²) in [5.41, 5.74) is 7.80. The molecule has 0 spiro atoms.